The smallest absolute Gasteiger partial charge is 0.272 e. The molecular weight excluding hydrogens is 340 g/mol. The van der Waals surface area contributed by atoms with Gasteiger partial charge in [-0.15, -0.1) is 17.8 Å². The molecule has 0 bridgehead atoms. The predicted octanol–water partition coefficient (Wildman–Crippen LogP) is 3.55. The highest BCUT2D eigenvalue weighted by atomic mass is 32.1. The van der Waals surface area contributed by atoms with Crippen LogP contribution in [0.15, 0.2) is 46.8 Å². The largest absolute Gasteiger partial charge is 0.495 e. The van der Waals surface area contributed by atoms with E-state index in [9.17, 15) is 4.79 Å². The van der Waals surface area contributed by atoms with Crippen molar-refractivity contribution in [3.05, 3.63) is 51.5 Å². The number of carbonyl (C=O) groups is 1. The number of rotatable bonds is 4. The van der Waals surface area contributed by atoms with Gasteiger partial charge in [-0.05, 0) is 29.7 Å². The molecule has 3 rings (SSSR count). The van der Waals surface area contributed by atoms with Crippen LogP contribution in [0.25, 0.3) is 16.3 Å². The molecule has 0 atom stereocenters. The molecule has 1 aromatic carbocycles. The fourth-order valence-corrected chi connectivity index (χ4v) is 3.93. The summed E-state index contributed by atoms with van der Waals surface area (Å²) in [6.07, 6.45) is 8.70. The highest BCUT2D eigenvalue weighted by Gasteiger charge is 2.11. The van der Waals surface area contributed by atoms with E-state index in [0.717, 1.165) is 15.1 Å². The second-order valence-electron chi connectivity index (χ2n) is 4.78. The number of para-hydroxylation sites is 1. The van der Waals surface area contributed by atoms with E-state index in [4.69, 9.17) is 11.2 Å². The minimum atomic E-state index is -0.320. The molecule has 0 saturated carbocycles. The molecule has 0 radical (unpaired) electrons. The third kappa shape index (κ3) is 3.32. The molecular formula is C18H14N2O2S2. The lowest BCUT2D eigenvalue weighted by Gasteiger charge is -2.05. The summed E-state index contributed by atoms with van der Waals surface area (Å²) in [6, 6.07) is 9.60. The summed E-state index contributed by atoms with van der Waals surface area (Å²) >= 11 is 2.98. The Morgan fingerprint density at radius 2 is 2.29 bits per heavy atom. The zero-order valence-corrected chi connectivity index (χ0v) is 14.6. The van der Waals surface area contributed by atoms with Crippen molar-refractivity contribution in [2.24, 2.45) is 4.99 Å². The number of hydrogen-bond donors (Lipinski definition) is 0. The van der Waals surface area contributed by atoms with Gasteiger partial charge in [-0.3, -0.25) is 4.79 Å². The number of fused-ring (bicyclic) bond motifs is 1. The van der Waals surface area contributed by atoms with Crippen molar-refractivity contribution in [3.8, 4) is 18.1 Å². The minimum Gasteiger partial charge on any atom is -0.495 e. The van der Waals surface area contributed by atoms with Gasteiger partial charge in [-0.2, -0.15) is 4.99 Å². The van der Waals surface area contributed by atoms with Crippen LogP contribution in [0.5, 0.6) is 5.75 Å². The van der Waals surface area contributed by atoms with Crippen molar-refractivity contribution in [1.29, 1.82) is 0 Å². The quantitative estimate of drug-likeness (QED) is 0.531. The Kier molecular flexibility index (Phi) is 4.94. The van der Waals surface area contributed by atoms with E-state index < -0.39 is 0 Å². The molecule has 3 aromatic rings. The predicted molar refractivity (Wildman–Crippen MR) is 99.1 cm³/mol. The molecule has 1 amide bonds. The number of aromatic nitrogens is 1. The molecule has 2 heterocycles. The number of benzene rings is 1. The van der Waals surface area contributed by atoms with E-state index in [1.54, 1.807) is 24.5 Å². The Morgan fingerprint density at radius 3 is 3.00 bits per heavy atom. The number of nitrogens with zero attached hydrogens (tertiary/aromatic N) is 2. The number of terminal acetylenes is 1. The second kappa shape index (κ2) is 7.30. The van der Waals surface area contributed by atoms with Gasteiger partial charge in [0.2, 0.25) is 0 Å². The molecule has 6 heteroatoms. The first-order chi connectivity index (χ1) is 11.7. The molecule has 120 valence electrons. The Bertz CT molecular complexity index is 1000. The maximum absolute atomic E-state index is 12.2. The Labute approximate surface area is 147 Å². The van der Waals surface area contributed by atoms with Crippen LogP contribution in [0.1, 0.15) is 4.88 Å². The summed E-state index contributed by atoms with van der Waals surface area (Å²) < 4.78 is 8.21. The normalized spacial score (nSPS) is 11.9. The molecule has 0 saturated heterocycles. The molecule has 0 spiro atoms. The number of amides is 1. The Morgan fingerprint density at radius 1 is 1.42 bits per heavy atom. The lowest BCUT2D eigenvalue weighted by molar-refractivity contribution is -0.113. The summed E-state index contributed by atoms with van der Waals surface area (Å²) in [5.41, 5.74) is 0.858. The SMILES string of the molecule is C#CCn1c(=NC(=O)/C=C/c2cccs2)sc2cccc(OC)c21. The highest BCUT2D eigenvalue weighted by Crippen LogP contribution is 2.27. The van der Waals surface area contributed by atoms with Crippen LogP contribution in [-0.2, 0) is 11.3 Å². The fourth-order valence-electron chi connectivity index (χ4n) is 2.26. The summed E-state index contributed by atoms with van der Waals surface area (Å²) in [6.45, 7) is 0.321. The van der Waals surface area contributed by atoms with Gasteiger partial charge in [-0.25, -0.2) is 0 Å². The summed E-state index contributed by atoms with van der Waals surface area (Å²) in [4.78, 5) is 17.9. The van der Waals surface area contributed by atoms with Crippen LogP contribution in [0.4, 0.5) is 0 Å². The number of carbonyl (C=O) groups excluding carboxylic acids is 1. The third-order valence-electron chi connectivity index (χ3n) is 3.27. The summed E-state index contributed by atoms with van der Waals surface area (Å²) in [7, 11) is 1.61. The van der Waals surface area contributed by atoms with Gasteiger partial charge in [0, 0.05) is 11.0 Å². The average molecular weight is 354 g/mol. The maximum Gasteiger partial charge on any atom is 0.272 e. The zero-order valence-electron chi connectivity index (χ0n) is 12.9. The minimum absolute atomic E-state index is 0.320. The first-order valence-electron chi connectivity index (χ1n) is 7.13. The molecule has 0 aliphatic carbocycles. The van der Waals surface area contributed by atoms with Crippen LogP contribution in [0.2, 0.25) is 0 Å². The van der Waals surface area contributed by atoms with E-state index in [1.807, 2.05) is 40.3 Å². The number of hydrogen-bond acceptors (Lipinski definition) is 4. The molecule has 0 unspecified atom stereocenters. The highest BCUT2D eigenvalue weighted by molar-refractivity contribution is 7.16. The second-order valence-corrected chi connectivity index (χ2v) is 6.77. The molecule has 0 N–H and O–H groups in total. The van der Waals surface area contributed by atoms with E-state index in [-0.39, 0.29) is 5.91 Å². The van der Waals surface area contributed by atoms with Crippen molar-refractivity contribution in [1.82, 2.24) is 4.57 Å². The topological polar surface area (TPSA) is 43.6 Å². The van der Waals surface area contributed by atoms with E-state index in [1.165, 1.54) is 17.4 Å². The third-order valence-corrected chi connectivity index (χ3v) is 5.15. The van der Waals surface area contributed by atoms with Gasteiger partial charge in [-0.1, -0.05) is 29.4 Å². The molecule has 4 nitrogen and oxygen atoms in total. The van der Waals surface area contributed by atoms with E-state index in [2.05, 4.69) is 10.9 Å². The molecule has 2 aromatic heterocycles. The lowest BCUT2D eigenvalue weighted by atomic mass is 10.3. The zero-order chi connectivity index (χ0) is 16.9. The monoisotopic (exact) mass is 354 g/mol. The van der Waals surface area contributed by atoms with Gasteiger partial charge < -0.3 is 9.30 Å². The lowest BCUT2D eigenvalue weighted by Crippen LogP contribution is -2.16. The molecule has 0 aliphatic rings. The van der Waals surface area contributed by atoms with Gasteiger partial charge in [0.05, 0.1) is 18.4 Å². The van der Waals surface area contributed by atoms with Crippen LogP contribution >= 0.6 is 22.7 Å². The average Bonchev–Trinajstić information content (AvgIpc) is 3.21. The van der Waals surface area contributed by atoms with Gasteiger partial charge >= 0.3 is 0 Å². The van der Waals surface area contributed by atoms with Crippen molar-refractivity contribution < 1.29 is 9.53 Å². The van der Waals surface area contributed by atoms with Crippen molar-refractivity contribution in [2.75, 3.05) is 7.11 Å². The van der Waals surface area contributed by atoms with Crippen molar-refractivity contribution in [3.63, 3.8) is 0 Å². The fraction of sp³-hybridized carbons (Fsp3) is 0.111. The van der Waals surface area contributed by atoms with Gasteiger partial charge in [0.15, 0.2) is 4.80 Å². The Hall–Kier alpha value is -2.62. The summed E-state index contributed by atoms with van der Waals surface area (Å²) in [5.74, 6) is 3.00. The van der Waals surface area contributed by atoms with Crippen LogP contribution in [-0.4, -0.2) is 17.6 Å². The molecule has 0 aliphatic heterocycles. The van der Waals surface area contributed by atoms with Crippen molar-refractivity contribution >= 4 is 44.9 Å². The Balaban J connectivity index is 2.06. The van der Waals surface area contributed by atoms with Crippen molar-refractivity contribution in [2.45, 2.75) is 6.54 Å². The van der Waals surface area contributed by atoms with Gasteiger partial charge in [0.25, 0.3) is 5.91 Å². The molecule has 24 heavy (non-hydrogen) atoms. The first-order valence-corrected chi connectivity index (χ1v) is 8.82. The first kappa shape index (κ1) is 16.2. The number of ether oxygens (including phenoxy) is 1. The van der Waals surface area contributed by atoms with Gasteiger partial charge in [0.1, 0.15) is 11.3 Å². The van der Waals surface area contributed by atoms with Crippen LogP contribution in [0, 0.1) is 12.3 Å². The van der Waals surface area contributed by atoms with Crippen LogP contribution in [0.3, 0.4) is 0 Å². The number of methoxy groups -OCH3 is 1. The number of thiazole rings is 1. The van der Waals surface area contributed by atoms with Crippen LogP contribution < -0.4 is 9.54 Å². The standard InChI is InChI=1S/C18H14N2O2S2/c1-3-11-20-17-14(22-2)7-4-8-15(17)24-18(20)19-16(21)10-9-13-6-5-12-23-13/h1,4-10,12H,11H2,2H3/b10-9+,19-18?. The maximum atomic E-state index is 12.2. The molecule has 0 fully saturated rings. The van der Waals surface area contributed by atoms with E-state index in [0.29, 0.717) is 17.1 Å². The summed E-state index contributed by atoms with van der Waals surface area (Å²) in [5, 5.41) is 1.96. The van der Waals surface area contributed by atoms with E-state index >= 15 is 0 Å². The number of thiophene rings is 1.